The van der Waals surface area contributed by atoms with Crippen molar-refractivity contribution in [2.75, 3.05) is 25.6 Å². The second-order valence-corrected chi connectivity index (χ2v) is 4.39. The average Bonchev–Trinajstić information content (AvgIpc) is 2.87. The number of carboxylic acid groups (broad SMARTS) is 1. The van der Waals surface area contributed by atoms with Crippen molar-refractivity contribution in [1.29, 1.82) is 0 Å². The Morgan fingerprint density at radius 1 is 1.35 bits per heavy atom. The van der Waals surface area contributed by atoms with Crippen LogP contribution in [0.3, 0.4) is 0 Å². The van der Waals surface area contributed by atoms with E-state index in [4.69, 9.17) is 14.6 Å². The first-order valence-corrected chi connectivity index (χ1v) is 6.13. The van der Waals surface area contributed by atoms with Gasteiger partial charge in [0, 0.05) is 0 Å². The van der Waals surface area contributed by atoms with Crippen LogP contribution in [0.4, 0.5) is 10.5 Å². The Labute approximate surface area is 115 Å². The Hall–Kier alpha value is -2.28. The van der Waals surface area contributed by atoms with E-state index in [2.05, 4.69) is 10.6 Å². The average molecular weight is 280 g/mol. The van der Waals surface area contributed by atoms with E-state index >= 15 is 0 Å². The summed E-state index contributed by atoms with van der Waals surface area (Å²) in [5.41, 5.74) is 0.512. The summed E-state index contributed by atoms with van der Waals surface area (Å²) in [6.07, 6.45) is 0. The van der Waals surface area contributed by atoms with Gasteiger partial charge >= 0.3 is 12.0 Å². The van der Waals surface area contributed by atoms with E-state index in [1.807, 2.05) is 0 Å². The van der Waals surface area contributed by atoms with Crippen molar-refractivity contribution in [3.05, 3.63) is 24.3 Å². The van der Waals surface area contributed by atoms with Crippen molar-refractivity contribution in [1.82, 2.24) is 5.32 Å². The van der Waals surface area contributed by atoms with Gasteiger partial charge in [-0.1, -0.05) is 12.1 Å². The number of para-hydroxylation sites is 2. The van der Waals surface area contributed by atoms with Crippen molar-refractivity contribution in [3.8, 4) is 5.75 Å². The number of urea groups is 1. The van der Waals surface area contributed by atoms with Crippen LogP contribution >= 0.6 is 0 Å². The van der Waals surface area contributed by atoms with Crippen molar-refractivity contribution < 1.29 is 24.2 Å². The number of anilines is 1. The molecule has 1 aliphatic rings. The first-order valence-electron chi connectivity index (χ1n) is 6.13. The number of benzene rings is 1. The predicted octanol–water partition coefficient (Wildman–Crippen LogP) is 0.916. The molecule has 1 fully saturated rings. The summed E-state index contributed by atoms with van der Waals surface area (Å²) in [5, 5.41) is 14.2. The summed E-state index contributed by atoms with van der Waals surface area (Å²) in [6, 6.07) is 5.93. The number of carbonyl (C=O) groups is 2. The Morgan fingerprint density at radius 2 is 2.10 bits per heavy atom. The van der Waals surface area contributed by atoms with Gasteiger partial charge in [0.05, 0.1) is 32.1 Å². The number of ether oxygens (including phenoxy) is 2. The van der Waals surface area contributed by atoms with Gasteiger partial charge in [-0.25, -0.2) is 4.79 Å². The van der Waals surface area contributed by atoms with Gasteiger partial charge in [0.15, 0.2) is 0 Å². The van der Waals surface area contributed by atoms with Crippen LogP contribution in [0, 0.1) is 5.92 Å². The number of aliphatic carboxylic acids is 1. The molecule has 1 aliphatic heterocycles. The molecule has 0 aliphatic carbocycles. The maximum atomic E-state index is 11.9. The van der Waals surface area contributed by atoms with Crippen LogP contribution in [0.5, 0.6) is 5.75 Å². The molecule has 2 atom stereocenters. The lowest BCUT2D eigenvalue weighted by atomic mass is 10.0. The maximum Gasteiger partial charge on any atom is 0.319 e. The van der Waals surface area contributed by atoms with Gasteiger partial charge in [-0.05, 0) is 12.1 Å². The summed E-state index contributed by atoms with van der Waals surface area (Å²) in [7, 11) is 1.50. The minimum Gasteiger partial charge on any atom is -0.495 e. The minimum atomic E-state index is -0.981. The molecule has 0 spiro atoms. The van der Waals surface area contributed by atoms with Crippen molar-refractivity contribution in [3.63, 3.8) is 0 Å². The van der Waals surface area contributed by atoms with E-state index in [9.17, 15) is 9.59 Å². The SMILES string of the molecule is COc1ccccc1NC(=O)NC1COCC1C(=O)O. The highest BCUT2D eigenvalue weighted by molar-refractivity contribution is 5.91. The van der Waals surface area contributed by atoms with Gasteiger partial charge in [-0.2, -0.15) is 0 Å². The van der Waals surface area contributed by atoms with E-state index in [0.717, 1.165) is 0 Å². The molecule has 0 aromatic heterocycles. The molecule has 1 aromatic rings. The molecule has 108 valence electrons. The van der Waals surface area contributed by atoms with Crippen LogP contribution in [-0.2, 0) is 9.53 Å². The van der Waals surface area contributed by atoms with E-state index in [-0.39, 0.29) is 13.2 Å². The first-order chi connectivity index (χ1) is 9.61. The zero-order valence-electron chi connectivity index (χ0n) is 11.0. The number of carboxylic acids is 1. The van der Waals surface area contributed by atoms with Crippen molar-refractivity contribution >= 4 is 17.7 Å². The molecule has 20 heavy (non-hydrogen) atoms. The van der Waals surface area contributed by atoms with Crippen LogP contribution in [-0.4, -0.2) is 43.5 Å². The van der Waals surface area contributed by atoms with Gasteiger partial charge < -0.3 is 25.2 Å². The molecule has 0 bridgehead atoms. The minimum absolute atomic E-state index is 0.106. The number of carbonyl (C=O) groups excluding carboxylic acids is 1. The van der Waals surface area contributed by atoms with E-state index in [1.165, 1.54) is 7.11 Å². The Bertz CT molecular complexity index is 505. The fraction of sp³-hybridized carbons (Fsp3) is 0.385. The monoisotopic (exact) mass is 280 g/mol. The molecule has 2 unspecified atom stereocenters. The normalized spacial score (nSPS) is 21.2. The number of methoxy groups -OCH3 is 1. The Balaban J connectivity index is 1.97. The lowest BCUT2D eigenvalue weighted by molar-refractivity contribution is -0.142. The summed E-state index contributed by atoms with van der Waals surface area (Å²) in [5.74, 6) is -1.18. The topological polar surface area (TPSA) is 96.9 Å². The number of rotatable bonds is 4. The van der Waals surface area contributed by atoms with Crippen molar-refractivity contribution in [2.45, 2.75) is 6.04 Å². The third-order valence-electron chi connectivity index (χ3n) is 3.07. The summed E-state index contributed by atoms with van der Waals surface area (Å²) < 4.78 is 10.2. The van der Waals surface area contributed by atoms with Crippen LogP contribution in [0.25, 0.3) is 0 Å². The molecule has 7 heteroatoms. The number of hydrogen-bond acceptors (Lipinski definition) is 4. The molecule has 3 N–H and O–H groups in total. The lowest BCUT2D eigenvalue weighted by Gasteiger charge is -2.17. The molecule has 1 heterocycles. The zero-order chi connectivity index (χ0) is 14.5. The third kappa shape index (κ3) is 3.18. The van der Waals surface area contributed by atoms with E-state index < -0.39 is 24.0 Å². The molecule has 7 nitrogen and oxygen atoms in total. The fourth-order valence-corrected chi connectivity index (χ4v) is 2.01. The van der Waals surface area contributed by atoms with Gasteiger partial charge in [-0.3, -0.25) is 4.79 Å². The lowest BCUT2D eigenvalue weighted by Crippen LogP contribution is -2.44. The quantitative estimate of drug-likeness (QED) is 0.762. The van der Waals surface area contributed by atoms with Crippen molar-refractivity contribution in [2.24, 2.45) is 5.92 Å². The smallest absolute Gasteiger partial charge is 0.319 e. The van der Waals surface area contributed by atoms with Gasteiger partial charge in [0.2, 0.25) is 0 Å². The molecule has 1 saturated heterocycles. The standard InChI is InChI=1S/C13H16N2O5/c1-19-11-5-3-2-4-9(11)14-13(18)15-10-7-20-6-8(10)12(16)17/h2-5,8,10H,6-7H2,1H3,(H,16,17)(H2,14,15,18). The molecule has 2 amide bonds. The second kappa shape index (κ2) is 6.25. The van der Waals surface area contributed by atoms with E-state index in [0.29, 0.717) is 11.4 Å². The summed E-state index contributed by atoms with van der Waals surface area (Å²) >= 11 is 0. The fourth-order valence-electron chi connectivity index (χ4n) is 2.01. The largest absolute Gasteiger partial charge is 0.495 e. The molecule has 1 aromatic carbocycles. The highest BCUT2D eigenvalue weighted by atomic mass is 16.5. The summed E-state index contributed by atoms with van der Waals surface area (Å²) in [4.78, 5) is 22.9. The predicted molar refractivity (Wildman–Crippen MR) is 70.9 cm³/mol. The third-order valence-corrected chi connectivity index (χ3v) is 3.07. The molecule has 0 radical (unpaired) electrons. The van der Waals surface area contributed by atoms with Gasteiger partial charge in [0.25, 0.3) is 0 Å². The number of nitrogens with one attached hydrogen (secondary N) is 2. The maximum absolute atomic E-state index is 11.9. The second-order valence-electron chi connectivity index (χ2n) is 4.39. The molecule has 2 rings (SSSR count). The molecule has 0 saturated carbocycles. The van der Waals surface area contributed by atoms with Gasteiger partial charge in [0.1, 0.15) is 11.7 Å². The molecular weight excluding hydrogens is 264 g/mol. The zero-order valence-corrected chi connectivity index (χ0v) is 11.0. The van der Waals surface area contributed by atoms with Crippen LogP contribution in [0.2, 0.25) is 0 Å². The summed E-state index contributed by atoms with van der Waals surface area (Å²) in [6.45, 7) is 0.297. The first kappa shape index (κ1) is 14.1. The highest BCUT2D eigenvalue weighted by Crippen LogP contribution is 2.23. The molecular formula is C13H16N2O5. The number of hydrogen-bond donors (Lipinski definition) is 3. The highest BCUT2D eigenvalue weighted by Gasteiger charge is 2.35. The van der Waals surface area contributed by atoms with E-state index in [1.54, 1.807) is 24.3 Å². The van der Waals surface area contributed by atoms with Crippen LogP contribution in [0.15, 0.2) is 24.3 Å². The Kier molecular flexibility index (Phi) is 4.41. The number of amides is 2. The Morgan fingerprint density at radius 3 is 2.80 bits per heavy atom. The van der Waals surface area contributed by atoms with Crippen LogP contribution in [0.1, 0.15) is 0 Å². The van der Waals surface area contributed by atoms with Crippen LogP contribution < -0.4 is 15.4 Å². The van der Waals surface area contributed by atoms with Gasteiger partial charge in [-0.15, -0.1) is 0 Å².